The van der Waals surface area contributed by atoms with Gasteiger partial charge in [0.2, 0.25) is 0 Å². The summed E-state index contributed by atoms with van der Waals surface area (Å²) in [6.07, 6.45) is -0.0373. The van der Waals surface area contributed by atoms with E-state index in [1.807, 2.05) is 39.0 Å². The van der Waals surface area contributed by atoms with Crippen LogP contribution in [0.15, 0.2) is 18.2 Å². The van der Waals surface area contributed by atoms with Crippen molar-refractivity contribution >= 4 is 11.9 Å². The third-order valence-corrected chi connectivity index (χ3v) is 3.07. The first-order chi connectivity index (χ1) is 8.85. The molecular formula is C15H21NO3. The number of benzene rings is 1. The number of carboxylic acids is 1. The van der Waals surface area contributed by atoms with E-state index in [4.69, 9.17) is 5.11 Å². The molecule has 0 heterocycles. The molecule has 1 aromatic rings. The molecule has 1 aromatic carbocycles. The van der Waals surface area contributed by atoms with Crippen molar-refractivity contribution in [2.24, 2.45) is 0 Å². The van der Waals surface area contributed by atoms with Crippen molar-refractivity contribution in [1.82, 2.24) is 4.90 Å². The molecule has 1 unspecified atom stereocenters. The van der Waals surface area contributed by atoms with E-state index in [-0.39, 0.29) is 18.4 Å². The molecule has 0 radical (unpaired) electrons. The molecule has 4 heteroatoms. The number of amides is 1. The SMILES string of the molecule is CCN(C(=O)c1cc(C)cc(C)c1)C(C)CC(=O)O. The molecule has 1 amide bonds. The smallest absolute Gasteiger partial charge is 0.305 e. The Morgan fingerprint density at radius 2 is 1.74 bits per heavy atom. The molecular weight excluding hydrogens is 242 g/mol. The zero-order chi connectivity index (χ0) is 14.6. The molecule has 1 atom stereocenters. The fraction of sp³-hybridized carbons (Fsp3) is 0.467. The number of aliphatic carboxylic acids is 1. The van der Waals surface area contributed by atoms with Crippen molar-refractivity contribution in [3.05, 3.63) is 34.9 Å². The van der Waals surface area contributed by atoms with Crippen molar-refractivity contribution in [2.45, 2.75) is 40.2 Å². The number of hydrogen-bond acceptors (Lipinski definition) is 2. The molecule has 0 fully saturated rings. The van der Waals surface area contributed by atoms with E-state index < -0.39 is 5.97 Å². The van der Waals surface area contributed by atoms with Crippen LogP contribution in [0.3, 0.4) is 0 Å². The zero-order valence-electron chi connectivity index (χ0n) is 11.9. The van der Waals surface area contributed by atoms with Crippen LogP contribution in [0, 0.1) is 13.8 Å². The molecule has 0 aromatic heterocycles. The predicted octanol–water partition coefficient (Wildman–Crippen LogP) is 2.63. The topological polar surface area (TPSA) is 57.6 Å². The first kappa shape index (κ1) is 15.2. The maximum Gasteiger partial charge on any atom is 0.305 e. The molecule has 4 nitrogen and oxygen atoms in total. The van der Waals surface area contributed by atoms with Gasteiger partial charge in [-0.3, -0.25) is 9.59 Å². The Hall–Kier alpha value is -1.84. The van der Waals surface area contributed by atoms with Crippen LogP contribution in [0.5, 0.6) is 0 Å². The van der Waals surface area contributed by atoms with E-state index >= 15 is 0 Å². The Bertz CT molecular complexity index is 462. The number of rotatable bonds is 5. The van der Waals surface area contributed by atoms with Crippen LogP contribution in [0.2, 0.25) is 0 Å². The Morgan fingerprint density at radius 3 is 2.16 bits per heavy atom. The number of aryl methyl sites for hydroxylation is 2. The van der Waals surface area contributed by atoms with Gasteiger partial charge in [0, 0.05) is 18.2 Å². The van der Waals surface area contributed by atoms with Gasteiger partial charge in [-0.2, -0.15) is 0 Å². The highest BCUT2D eigenvalue weighted by molar-refractivity contribution is 5.95. The standard InChI is InChI=1S/C15H21NO3/c1-5-16(12(4)9-14(17)18)15(19)13-7-10(2)6-11(3)8-13/h6-8,12H,5,9H2,1-4H3,(H,17,18). The molecule has 0 aliphatic rings. The summed E-state index contributed by atoms with van der Waals surface area (Å²) in [4.78, 5) is 24.8. The molecule has 19 heavy (non-hydrogen) atoms. The van der Waals surface area contributed by atoms with Gasteiger partial charge in [-0.05, 0) is 39.8 Å². The van der Waals surface area contributed by atoms with Gasteiger partial charge in [0.05, 0.1) is 6.42 Å². The summed E-state index contributed by atoms with van der Waals surface area (Å²) in [5.41, 5.74) is 2.69. The second-order valence-electron chi connectivity index (χ2n) is 4.91. The number of carboxylic acid groups (broad SMARTS) is 1. The summed E-state index contributed by atoms with van der Waals surface area (Å²) in [7, 11) is 0. The first-order valence-electron chi connectivity index (χ1n) is 6.46. The van der Waals surface area contributed by atoms with Crippen LogP contribution in [0.1, 0.15) is 41.8 Å². The lowest BCUT2D eigenvalue weighted by molar-refractivity contribution is -0.138. The van der Waals surface area contributed by atoms with E-state index in [0.717, 1.165) is 11.1 Å². The van der Waals surface area contributed by atoms with E-state index in [1.165, 1.54) is 0 Å². The van der Waals surface area contributed by atoms with Crippen LogP contribution >= 0.6 is 0 Å². The summed E-state index contributed by atoms with van der Waals surface area (Å²) in [5.74, 6) is -0.998. The molecule has 0 aliphatic heterocycles. The highest BCUT2D eigenvalue weighted by Gasteiger charge is 2.22. The molecule has 0 saturated carbocycles. The third kappa shape index (κ3) is 4.09. The van der Waals surface area contributed by atoms with Gasteiger partial charge in [-0.25, -0.2) is 0 Å². The average molecular weight is 263 g/mol. The van der Waals surface area contributed by atoms with E-state index in [0.29, 0.717) is 12.1 Å². The van der Waals surface area contributed by atoms with Crippen LogP contribution in [-0.4, -0.2) is 34.5 Å². The van der Waals surface area contributed by atoms with Gasteiger partial charge in [-0.15, -0.1) is 0 Å². The Labute approximate surface area is 114 Å². The van der Waals surface area contributed by atoms with E-state index in [1.54, 1.807) is 11.8 Å². The molecule has 0 bridgehead atoms. The van der Waals surface area contributed by atoms with Crippen LogP contribution < -0.4 is 0 Å². The number of hydrogen-bond donors (Lipinski definition) is 1. The number of carbonyl (C=O) groups is 2. The minimum atomic E-state index is -0.890. The van der Waals surface area contributed by atoms with E-state index in [9.17, 15) is 9.59 Å². The maximum absolute atomic E-state index is 12.4. The van der Waals surface area contributed by atoms with Gasteiger partial charge in [0.15, 0.2) is 0 Å². The lowest BCUT2D eigenvalue weighted by Gasteiger charge is -2.27. The first-order valence-corrected chi connectivity index (χ1v) is 6.46. The average Bonchev–Trinajstić information content (AvgIpc) is 2.27. The van der Waals surface area contributed by atoms with E-state index in [2.05, 4.69) is 0 Å². The molecule has 0 aliphatic carbocycles. The van der Waals surface area contributed by atoms with Gasteiger partial charge >= 0.3 is 5.97 Å². The summed E-state index contributed by atoms with van der Waals surface area (Å²) < 4.78 is 0. The quantitative estimate of drug-likeness (QED) is 0.888. The fourth-order valence-corrected chi connectivity index (χ4v) is 2.28. The minimum absolute atomic E-state index is 0.0373. The summed E-state index contributed by atoms with van der Waals surface area (Å²) in [6, 6.07) is 5.38. The minimum Gasteiger partial charge on any atom is -0.481 e. The Balaban J connectivity index is 2.97. The highest BCUT2D eigenvalue weighted by atomic mass is 16.4. The van der Waals surface area contributed by atoms with Gasteiger partial charge in [-0.1, -0.05) is 17.2 Å². The number of nitrogens with zero attached hydrogens (tertiary/aromatic N) is 1. The Kier molecular flexibility index (Phi) is 5.10. The third-order valence-electron chi connectivity index (χ3n) is 3.07. The van der Waals surface area contributed by atoms with Crippen molar-refractivity contribution in [2.75, 3.05) is 6.54 Å². The lowest BCUT2D eigenvalue weighted by atomic mass is 10.1. The predicted molar refractivity (Wildman–Crippen MR) is 74.3 cm³/mol. The molecule has 1 rings (SSSR count). The van der Waals surface area contributed by atoms with Crippen molar-refractivity contribution in [1.29, 1.82) is 0 Å². The second kappa shape index (κ2) is 6.36. The van der Waals surface area contributed by atoms with Crippen molar-refractivity contribution in [3.8, 4) is 0 Å². The van der Waals surface area contributed by atoms with Crippen molar-refractivity contribution in [3.63, 3.8) is 0 Å². The van der Waals surface area contributed by atoms with Crippen molar-refractivity contribution < 1.29 is 14.7 Å². The monoisotopic (exact) mass is 263 g/mol. The molecule has 1 N–H and O–H groups in total. The second-order valence-corrected chi connectivity index (χ2v) is 4.91. The summed E-state index contributed by atoms with van der Waals surface area (Å²) >= 11 is 0. The van der Waals surface area contributed by atoms with Gasteiger partial charge in [0.1, 0.15) is 0 Å². The molecule has 0 spiro atoms. The molecule has 0 saturated heterocycles. The normalized spacial score (nSPS) is 12.0. The fourth-order valence-electron chi connectivity index (χ4n) is 2.28. The number of carbonyl (C=O) groups excluding carboxylic acids is 1. The molecule has 104 valence electrons. The van der Waals surface area contributed by atoms with Gasteiger partial charge in [0.25, 0.3) is 5.91 Å². The highest BCUT2D eigenvalue weighted by Crippen LogP contribution is 2.14. The summed E-state index contributed by atoms with van der Waals surface area (Å²) in [6.45, 7) is 8.01. The zero-order valence-corrected chi connectivity index (χ0v) is 11.9. The van der Waals surface area contributed by atoms with Crippen LogP contribution in [0.25, 0.3) is 0 Å². The van der Waals surface area contributed by atoms with Crippen LogP contribution in [-0.2, 0) is 4.79 Å². The lowest BCUT2D eigenvalue weighted by Crippen LogP contribution is -2.39. The van der Waals surface area contributed by atoms with Gasteiger partial charge < -0.3 is 10.0 Å². The van der Waals surface area contributed by atoms with Crippen LogP contribution in [0.4, 0.5) is 0 Å². The Morgan fingerprint density at radius 1 is 1.21 bits per heavy atom. The maximum atomic E-state index is 12.4. The largest absolute Gasteiger partial charge is 0.481 e. The summed E-state index contributed by atoms with van der Waals surface area (Å²) in [5, 5.41) is 8.83.